The van der Waals surface area contributed by atoms with Gasteiger partial charge in [-0.1, -0.05) is 44.2 Å². The van der Waals surface area contributed by atoms with Crippen molar-refractivity contribution in [3.8, 4) is 0 Å². The number of H-pyrrole nitrogens is 1. The van der Waals surface area contributed by atoms with Gasteiger partial charge >= 0.3 is 0 Å². The monoisotopic (exact) mass is 341 g/mol. The van der Waals surface area contributed by atoms with Gasteiger partial charge in [0.1, 0.15) is 5.82 Å². The fourth-order valence-electron chi connectivity index (χ4n) is 3.73. The van der Waals surface area contributed by atoms with Crippen molar-refractivity contribution in [3.05, 3.63) is 40.4 Å². The van der Waals surface area contributed by atoms with Gasteiger partial charge in [-0.2, -0.15) is 0 Å². The fourth-order valence-corrected chi connectivity index (χ4v) is 3.73. The molecule has 1 amide bonds. The largest absolute Gasteiger partial charge is 0.338 e. The van der Waals surface area contributed by atoms with Crippen molar-refractivity contribution in [1.82, 2.24) is 14.9 Å². The van der Waals surface area contributed by atoms with Gasteiger partial charge in [0.15, 0.2) is 0 Å². The number of hydrogen-bond donors (Lipinski definition) is 1. The quantitative estimate of drug-likeness (QED) is 0.872. The summed E-state index contributed by atoms with van der Waals surface area (Å²) in [7, 11) is 1.78. The summed E-state index contributed by atoms with van der Waals surface area (Å²) in [4.78, 5) is 33.3. The SMILES string of the molecule is CN(Cc1nc2ccccc2c(=O)[nH]1)C(=O)CCCC1CCCCC1. The summed E-state index contributed by atoms with van der Waals surface area (Å²) in [5.74, 6) is 1.46. The van der Waals surface area contributed by atoms with Crippen LogP contribution in [0.4, 0.5) is 0 Å². The van der Waals surface area contributed by atoms with Crippen molar-refractivity contribution >= 4 is 16.8 Å². The summed E-state index contributed by atoms with van der Waals surface area (Å²) >= 11 is 0. The zero-order valence-corrected chi connectivity index (χ0v) is 15.0. The lowest BCUT2D eigenvalue weighted by molar-refractivity contribution is -0.130. The third-order valence-corrected chi connectivity index (χ3v) is 5.20. The second-order valence-corrected chi connectivity index (χ2v) is 7.18. The highest BCUT2D eigenvalue weighted by molar-refractivity contribution is 5.77. The molecule has 1 aliphatic carbocycles. The summed E-state index contributed by atoms with van der Waals surface area (Å²) < 4.78 is 0. The van der Waals surface area contributed by atoms with Gasteiger partial charge in [-0.25, -0.2) is 4.98 Å². The second-order valence-electron chi connectivity index (χ2n) is 7.18. The van der Waals surface area contributed by atoms with Gasteiger partial charge < -0.3 is 9.88 Å². The molecule has 0 bridgehead atoms. The van der Waals surface area contributed by atoms with Crippen molar-refractivity contribution in [2.45, 2.75) is 57.9 Å². The first-order valence-electron chi connectivity index (χ1n) is 9.35. The molecule has 1 aromatic carbocycles. The van der Waals surface area contributed by atoms with E-state index in [-0.39, 0.29) is 11.5 Å². The van der Waals surface area contributed by atoms with Crippen LogP contribution in [0.1, 0.15) is 57.2 Å². The smallest absolute Gasteiger partial charge is 0.258 e. The third-order valence-electron chi connectivity index (χ3n) is 5.20. The van der Waals surface area contributed by atoms with Crippen molar-refractivity contribution in [2.75, 3.05) is 7.05 Å². The molecule has 3 rings (SSSR count). The maximum absolute atomic E-state index is 12.3. The molecular formula is C20H27N3O2. The average molecular weight is 341 g/mol. The van der Waals surface area contributed by atoms with Gasteiger partial charge in [0.25, 0.3) is 5.56 Å². The van der Waals surface area contributed by atoms with Crippen LogP contribution in [0.5, 0.6) is 0 Å². The van der Waals surface area contributed by atoms with Crippen LogP contribution in [0.15, 0.2) is 29.1 Å². The first kappa shape index (κ1) is 17.6. The molecule has 0 spiro atoms. The highest BCUT2D eigenvalue weighted by Crippen LogP contribution is 2.27. The topological polar surface area (TPSA) is 66.1 Å². The Balaban J connectivity index is 1.53. The van der Waals surface area contributed by atoms with E-state index in [0.717, 1.165) is 18.8 Å². The first-order valence-corrected chi connectivity index (χ1v) is 9.35. The number of carbonyl (C=O) groups excluding carboxylic acids is 1. The fraction of sp³-hybridized carbons (Fsp3) is 0.550. The number of fused-ring (bicyclic) bond motifs is 1. The van der Waals surface area contributed by atoms with E-state index < -0.39 is 0 Å². The minimum atomic E-state index is -0.154. The zero-order valence-electron chi connectivity index (χ0n) is 15.0. The van der Waals surface area contributed by atoms with E-state index in [4.69, 9.17) is 0 Å². The Labute approximate surface area is 148 Å². The Morgan fingerprint density at radius 1 is 1.24 bits per heavy atom. The van der Waals surface area contributed by atoms with Crippen LogP contribution in [0, 0.1) is 5.92 Å². The summed E-state index contributed by atoms with van der Waals surface area (Å²) in [5.41, 5.74) is 0.512. The van der Waals surface area contributed by atoms with E-state index in [9.17, 15) is 9.59 Å². The molecule has 0 unspecified atom stereocenters. The van der Waals surface area contributed by atoms with Crippen LogP contribution >= 0.6 is 0 Å². The van der Waals surface area contributed by atoms with E-state index in [1.807, 2.05) is 18.2 Å². The summed E-state index contributed by atoms with van der Waals surface area (Å²) in [5, 5.41) is 0.577. The van der Waals surface area contributed by atoms with Crippen LogP contribution in [0.25, 0.3) is 10.9 Å². The number of amides is 1. The minimum absolute atomic E-state index is 0.117. The third kappa shape index (κ3) is 4.68. The minimum Gasteiger partial charge on any atom is -0.338 e. The molecule has 5 heteroatoms. The normalized spacial score (nSPS) is 15.4. The van der Waals surface area contributed by atoms with Crippen molar-refractivity contribution in [3.63, 3.8) is 0 Å². The molecule has 1 fully saturated rings. The summed E-state index contributed by atoms with van der Waals surface area (Å²) in [6.07, 6.45) is 9.40. The number of nitrogens with zero attached hydrogens (tertiary/aromatic N) is 2. The molecule has 0 aliphatic heterocycles. The molecule has 2 aromatic rings. The molecule has 0 atom stereocenters. The molecule has 1 aliphatic rings. The van der Waals surface area contributed by atoms with E-state index in [0.29, 0.717) is 29.7 Å². The van der Waals surface area contributed by atoms with Gasteiger partial charge in [0.05, 0.1) is 17.4 Å². The lowest BCUT2D eigenvalue weighted by Crippen LogP contribution is -2.28. The number of para-hydroxylation sites is 1. The second kappa shape index (κ2) is 8.28. The van der Waals surface area contributed by atoms with E-state index >= 15 is 0 Å². The van der Waals surface area contributed by atoms with Crippen molar-refractivity contribution in [2.24, 2.45) is 5.92 Å². The molecule has 134 valence electrons. The van der Waals surface area contributed by atoms with Crippen LogP contribution < -0.4 is 5.56 Å². The van der Waals surface area contributed by atoms with Crippen molar-refractivity contribution < 1.29 is 4.79 Å². The van der Waals surface area contributed by atoms with Gasteiger partial charge in [0, 0.05) is 13.5 Å². The summed E-state index contributed by atoms with van der Waals surface area (Å²) in [6.45, 7) is 0.336. The van der Waals surface area contributed by atoms with Crippen LogP contribution in [0.2, 0.25) is 0 Å². The maximum atomic E-state index is 12.3. The van der Waals surface area contributed by atoms with Gasteiger partial charge in [-0.3, -0.25) is 9.59 Å². The molecule has 0 radical (unpaired) electrons. The number of hydrogen-bond acceptors (Lipinski definition) is 3. The van der Waals surface area contributed by atoms with Gasteiger partial charge in [0.2, 0.25) is 5.91 Å². The average Bonchev–Trinajstić information content (AvgIpc) is 2.62. The number of aromatic nitrogens is 2. The Bertz CT molecular complexity index is 778. The number of benzene rings is 1. The Kier molecular flexibility index (Phi) is 5.84. The van der Waals surface area contributed by atoms with E-state index in [1.165, 1.54) is 32.1 Å². The number of aromatic amines is 1. The highest BCUT2D eigenvalue weighted by Gasteiger charge is 2.15. The molecule has 1 N–H and O–H groups in total. The molecule has 0 saturated heterocycles. The van der Waals surface area contributed by atoms with Crippen LogP contribution in [-0.4, -0.2) is 27.8 Å². The van der Waals surface area contributed by atoms with E-state index in [2.05, 4.69) is 9.97 Å². The molecule has 25 heavy (non-hydrogen) atoms. The lowest BCUT2D eigenvalue weighted by Gasteiger charge is -2.22. The highest BCUT2D eigenvalue weighted by atomic mass is 16.2. The van der Waals surface area contributed by atoms with Gasteiger partial charge in [-0.15, -0.1) is 0 Å². The summed E-state index contributed by atoms with van der Waals surface area (Å²) in [6, 6.07) is 7.25. The first-order chi connectivity index (χ1) is 12.1. The Morgan fingerprint density at radius 3 is 2.80 bits per heavy atom. The van der Waals surface area contributed by atoms with Crippen LogP contribution in [-0.2, 0) is 11.3 Å². The Morgan fingerprint density at radius 2 is 2.00 bits per heavy atom. The standard InChI is InChI=1S/C20H27N3O2/c1-23(19(24)13-7-10-15-8-3-2-4-9-15)14-18-21-17-12-6-5-11-16(17)20(25)22-18/h5-6,11-12,15H,2-4,7-10,13-14H2,1H3,(H,21,22,25). The van der Waals surface area contributed by atoms with Crippen LogP contribution in [0.3, 0.4) is 0 Å². The number of carbonyl (C=O) groups is 1. The van der Waals surface area contributed by atoms with Crippen molar-refractivity contribution in [1.29, 1.82) is 0 Å². The maximum Gasteiger partial charge on any atom is 0.258 e. The molecular weight excluding hydrogens is 314 g/mol. The lowest BCUT2D eigenvalue weighted by atomic mass is 9.86. The van der Waals surface area contributed by atoms with Gasteiger partial charge in [-0.05, 0) is 30.9 Å². The number of rotatable bonds is 6. The van der Waals surface area contributed by atoms with E-state index in [1.54, 1.807) is 18.0 Å². The number of nitrogens with one attached hydrogen (secondary N) is 1. The molecule has 1 aromatic heterocycles. The molecule has 1 saturated carbocycles. The predicted molar refractivity (Wildman–Crippen MR) is 99.3 cm³/mol. The predicted octanol–water partition coefficient (Wildman–Crippen LogP) is 3.63. The Hall–Kier alpha value is -2.17. The molecule has 5 nitrogen and oxygen atoms in total. The zero-order chi connectivity index (χ0) is 17.6. The molecule has 1 heterocycles.